The maximum Gasteiger partial charge on any atom is 0.472 e. The highest BCUT2D eigenvalue weighted by Gasteiger charge is 2.26. The molecule has 0 aliphatic rings. The van der Waals surface area contributed by atoms with Crippen molar-refractivity contribution in [3.63, 3.8) is 0 Å². The number of nitrogens with two attached hydrogens (primary N) is 1. The molecule has 0 rings (SSSR count). The molecular formula is C45H76NO9P. The Morgan fingerprint density at radius 3 is 1.79 bits per heavy atom. The number of carbonyl (C=O) groups is 2. The minimum Gasteiger partial charge on any atom is -0.462 e. The van der Waals surface area contributed by atoms with Crippen molar-refractivity contribution in [2.75, 3.05) is 26.4 Å². The van der Waals surface area contributed by atoms with E-state index in [1.807, 2.05) is 12.2 Å². The largest absolute Gasteiger partial charge is 0.472 e. The standard InChI is InChI=1S/C45H76NO9P/c1-3-5-7-9-11-13-15-17-19-21-22-24-26-28-30-32-34-42(47)36-37-44(48)52-40-43(41-54-56(50,51)53-39-38-46)55-45(49)35-33-31-29-27-25-23-20-18-16-14-12-10-8-6-4-2/h5,7,11,13,17-20,22,24,28,30,32,34,42-43,47H,3-4,6,8-10,12,14-16,21,23,25-27,29,31,33,35-41,46H2,1-2H3,(H,50,51)/b7-5-,13-11-,19-17-,20-18-,24-22-,30-28-,34-32-/t42?,43-/m1/s1. The molecule has 0 aromatic heterocycles. The van der Waals surface area contributed by atoms with E-state index >= 15 is 0 Å². The molecule has 0 bridgehead atoms. The summed E-state index contributed by atoms with van der Waals surface area (Å²) in [5, 5.41) is 10.3. The lowest BCUT2D eigenvalue weighted by Crippen LogP contribution is -2.29. The monoisotopic (exact) mass is 806 g/mol. The van der Waals surface area contributed by atoms with E-state index in [-0.39, 0.29) is 39.0 Å². The number of carbonyl (C=O) groups excluding carboxylic acids is 2. The Kier molecular flexibility index (Phi) is 38.3. The lowest BCUT2D eigenvalue weighted by atomic mass is 10.1. The zero-order valence-corrected chi connectivity index (χ0v) is 35.6. The molecule has 2 unspecified atom stereocenters. The van der Waals surface area contributed by atoms with E-state index in [4.69, 9.17) is 24.3 Å². The smallest absolute Gasteiger partial charge is 0.462 e. The number of unbranched alkanes of at least 4 members (excludes halogenated alkanes) is 11. The molecule has 4 N–H and O–H groups in total. The summed E-state index contributed by atoms with van der Waals surface area (Å²) in [7, 11) is -4.44. The van der Waals surface area contributed by atoms with E-state index in [2.05, 4.69) is 74.6 Å². The van der Waals surface area contributed by atoms with Crippen molar-refractivity contribution in [2.45, 2.75) is 161 Å². The molecule has 320 valence electrons. The Balaban J connectivity index is 4.44. The number of phosphoric acid groups is 1. The number of allylic oxidation sites excluding steroid dienone is 13. The van der Waals surface area contributed by atoms with E-state index in [9.17, 15) is 24.2 Å². The van der Waals surface area contributed by atoms with Crippen LogP contribution in [0.15, 0.2) is 85.1 Å². The highest BCUT2D eigenvalue weighted by molar-refractivity contribution is 7.47. The maximum atomic E-state index is 12.6. The Bertz CT molecular complexity index is 1210. The van der Waals surface area contributed by atoms with Crippen LogP contribution in [0.25, 0.3) is 0 Å². The summed E-state index contributed by atoms with van der Waals surface area (Å²) in [5.74, 6) is -1.13. The van der Waals surface area contributed by atoms with Gasteiger partial charge in [0.15, 0.2) is 6.10 Å². The summed E-state index contributed by atoms with van der Waals surface area (Å²) in [6.45, 7) is 3.30. The van der Waals surface area contributed by atoms with Gasteiger partial charge in [0, 0.05) is 19.4 Å². The molecule has 3 atom stereocenters. The molecule has 0 saturated heterocycles. The lowest BCUT2D eigenvalue weighted by Gasteiger charge is -2.20. The number of aliphatic hydroxyl groups excluding tert-OH is 1. The number of phosphoric ester groups is 1. The molecule has 0 radical (unpaired) electrons. The minimum atomic E-state index is -4.44. The van der Waals surface area contributed by atoms with Crippen LogP contribution in [0.3, 0.4) is 0 Å². The van der Waals surface area contributed by atoms with Crippen LogP contribution in [0.2, 0.25) is 0 Å². The van der Waals surface area contributed by atoms with Gasteiger partial charge in [-0.25, -0.2) is 4.57 Å². The highest BCUT2D eigenvalue weighted by atomic mass is 31.2. The van der Waals surface area contributed by atoms with Crippen LogP contribution in [0.5, 0.6) is 0 Å². The molecule has 0 aromatic carbocycles. The number of esters is 2. The molecule has 0 saturated carbocycles. The first-order valence-corrected chi connectivity index (χ1v) is 22.7. The Labute approximate surface area is 339 Å². The second-order valence-electron chi connectivity index (χ2n) is 13.7. The van der Waals surface area contributed by atoms with E-state index in [0.717, 1.165) is 70.6 Å². The fraction of sp³-hybridized carbons (Fsp3) is 0.644. The number of hydrogen-bond donors (Lipinski definition) is 3. The summed E-state index contributed by atoms with van der Waals surface area (Å²) >= 11 is 0. The van der Waals surface area contributed by atoms with Gasteiger partial charge in [0.05, 0.1) is 19.3 Å². The van der Waals surface area contributed by atoms with Crippen LogP contribution in [-0.2, 0) is 32.7 Å². The molecule has 56 heavy (non-hydrogen) atoms. The summed E-state index contributed by atoms with van der Waals surface area (Å²) in [4.78, 5) is 34.9. The normalized spacial score (nSPS) is 14.7. The van der Waals surface area contributed by atoms with Crippen molar-refractivity contribution in [1.29, 1.82) is 0 Å². The third-order valence-corrected chi connectivity index (χ3v) is 9.37. The molecule has 0 aliphatic heterocycles. The van der Waals surface area contributed by atoms with Gasteiger partial charge in [0.1, 0.15) is 6.61 Å². The molecule has 0 fully saturated rings. The van der Waals surface area contributed by atoms with Crippen LogP contribution in [-0.4, -0.2) is 60.5 Å². The molecular weight excluding hydrogens is 729 g/mol. The van der Waals surface area contributed by atoms with E-state index < -0.39 is 38.6 Å². The first kappa shape index (κ1) is 53.1. The number of aliphatic hydroxyl groups is 1. The quantitative estimate of drug-likeness (QED) is 0.0180. The number of hydrogen-bond acceptors (Lipinski definition) is 9. The average Bonchev–Trinajstić information content (AvgIpc) is 3.18. The van der Waals surface area contributed by atoms with Gasteiger partial charge in [-0.1, -0.05) is 150 Å². The third-order valence-electron chi connectivity index (χ3n) is 8.38. The molecule has 0 aromatic rings. The average molecular weight is 806 g/mol. The fourth-order valence-electron chi connectivity index (χ4n) is 5.21. The number of ether oxygens (including phenoxy) is 2. The van der Waals surface area contributed by atoms with Crippen LogP contribution in [0, 0.1) is 0 Å². The molecule has 0 amide bonds. The SMILES string of the molecule is CC/C=C\C/C=C\C/C=C\C/C=C\C/C=C\C=C/C(O)CCC(=O)OC[C@H](COP(=O)(O)OCCN)OC(=O)CCCCCCC/C=C\CCCCCCCC. The van der Waals surface area contributed by atoms with Gasteiger partial charge in [0.2, 0.25) is 0 Å². The van der Waals surface area contributed by atoms with E-state index in [0.29, 0.717) is 6.42 Å². The third kappa shape index (κ3) is 39.4. The first-order valence-electron chi connectivity index (χ1n) is 21.2. The van der Waals surface area contributed by atoms with Crippen molar-refractivity contribution < 1.29 is 42.7 Å². The van der Waals surface area contributed by atoms with Crippen LogP contribution < -0.4 is 5.73 Å². The van der Waals surface area contributed by atoms with Gasteiger partial charge in [-0.2, -0.15) is 0 Å². The summed E-state index contributed by atoms with van der Waals surface area (Å²) in [6, 6.07) is 0. The van der Waals surface area contributed by atoms with Crippen molar-refractivity contribution in [3.8, 4) is 0 Å². The van der Waals surface area contributed by atoms with E-state index in [1.165, 1.54) is 38.5 Å². The second-order valence-corrected chi connectivity index (χ2v) is 15.1. The van der Waals surface area contributed by atoms with E-state index in [1.54, 1.807) is 12.2 Å². The molecule has 0 aliphatic carbocycles. The van der Waals surface area contributed by atoms with Crippen molar-refractivity contribution in [1.82, 2.24) is 0 Å². The van der Waals surface area contributed by atoms with Gasteiger partial charge in [0.25, 0.3) is 0 Å². The topological polar surface area (TPSA) is 155 Å². The highest BCUT2D eigenvalue weighted by Crippen LogP contribution is 2.43. The second kappa shape index (κ2) is 40.4. The van der Waals surface area contributed by atoms with Gasteiger partial charge >= 0.3 is 19.8 Å². The van der Waals surface area contributed by atoms with Crippen molar-refractivity contribution >= 4 is 19.8 Å². The Morgan fingerprint density at radius 1 is 0.643 bits per heavy atom. The first-order chi connectivity index (χ1) is 27.2. The zero-order valence-electron chi connectivity index (χ0n) is 34.7. The number of rotatable bonds is 38. The van der Waals surface area contributed by atoms with Crippen molar-refractivity contribution in [3.05, 3.63) is 85.1 Å². The fourth-order valence-corrected chi connectivity index (χ4v) is 5.97. The van der Waals surface area contributed by atoms with Crippen molar-refractivity contribution in [2.24, 2.45) is 5.73 Å². The zero-order chi connectivity index (χ0) is 41.2. The Morgan fingerprint density at radius 2 is 1.20 bits per heavy atom. The Hall–Kier alpha value is -2.85. The van der Waals surface area contributed by atoms with Gasteiger partial charge in [-0.3, -0.25) is 18.6 Å². The molecule has 0 spiro atoms. The molecule has 10 nitrogen and oxygen atoms in total. The predicted octanol–water partition coefficient (Wildman–Crippen LogP) is 11.0. The summed E-state index contributed by atoms with van der Waals surface area (Å²) in [6.07, 6.45) is 46.6. The summed E-state index contributed by atoms with van der Waals surface area (Å²) < 4.78 is 32.5. The van der Waals surface area contributed by atoms with Gasteiger partial charge in [-0.05, 0) is 70.6 Å². The maximum absolute atomic E-state index is 12.6. The molecule has 0 heterocycles. The molecule has 11 heteroatoms. The summed E-state index contributed by atoms with van der Waals surface area (Å²) in [5.41, 5.74) is 5.33. The van der Waals surface area contributed by atoms with Gasteiger partial charge < -0.3 is 25.2 Å². The van der Waals surface area contributed by atoms with Crippen LogP contribution in [0.1, 0.15) is 149 Å². The van der Waals surface area contributed by atoms with Crippen LogP contribution >= 0.6 is 7.82 Å². The minimum absolute atomic E-state index is 0.0171. The predicted molar refractivity (Wildman–Crippen MR) is 230 cm³/mol. The van der Waals surface area contributed by atoms with Gasteiger partial charge in [-0.15, -0.1) is 0 Å². The lowest BCUT2D eigenvalue weighted by molar-refractivity contribution is -0.161. The van der Waals surface area contributed by atoms with Crippen LogP contribution in [0.4, 0.5) is 0 Å².